The van der Waals surface area contributed by atoms with Crippen LogP contribution in [-0.2, 0) is 24.9 Å². The second-order valence-corrected chi connectivity index (χ2v) is 11.3. The van der Waals surface area contributed by atoms with Gasteiger partial charge >= 0.3 is 7.12 Å². The van der Waals surface area contributed by atoms with Crippen LogP contribution in [0.4, 0.5) is 0 Å². The lowest BCUT2D eigenvalue weighted by Gasteiger charge is -2.32. The van der Waals surface area contributed by atoms with E-state index in [-0.39, 0.29) is 11.5 Å². The van der Waals surface area contributed by atoms with Crippen molar-refractivity contribution in [3.05, 3.63) is 53.1 Å². The molecule has 1 aliphatic rings. The third-order valence-electron chi connectivity index (χ3n) is 6.03. The van der Waals surface area contributed by atoms with Gasteiger partial charge in [-0.15, -0.1) is 0 Å². The van der Waals surface area contributed by atoms with Gasteiger partial charge in [0, 0.05) is 11.2 Å². The summed E-state index contributed by atoms with van der Waals surface area (Å²) in [7, 11) is -3.82. The molecule has 2 aromatic carbocycles. The van der Waals surface area contributed by atoms with Crippen molar-refractivity contribution >= 4 is 22.4 Å². The molecule has 0 unspecified atom stereocenters. The van der Waals surface area contributed by atoms with Crippen molar-refractivity contribution in [1.82, 2.24) is 0 Å². The van der Waals surface area contributed by atoms with Gasteiger partial charge in [0.25, 0.3) is 0 Å². The second-order valence-electron chi connectivity index (χ2n) is 8.96. The van der Waals surface area contributed by atoms with E-state index in [9.17, 15) is 8.42 Å². The third-order valence-corrected chi connectivity index (χ3v) is 7.68. The van der Waals surface area contributed by atoms with Crippen LogP contribution in [0, 0.1) is 13.8 Å². The molecule has 1 fully saturated rings. The molecule has 5 nitrogen and oxygen atoms in total. The largest absolute Gasteiger partial charge is 0.498 e. The number of ether oxygens (including phenoxy) is 1. The van der Waals surface area contributed by atoms with Gasteiger partial charge in [-0.3, -0.25) is 0 Å². The summed E-state index contributed by atoms with van der Waals surface area (Å²) < 4.78 is 43.2. The smallest absolute Gasteiger partial charge is 0.457 e. The number of benzene rings is 2. The molecule has 162 valence electrons. The lowest BCUT2D eigenvalue weighted by Crippen LogP contribution is -2.41. The van der Waals surface area contributed by atoms with Gasteiger partial charge in [-0.2, -0.15) is 0 Å². The minimum atomic E-state index is -3.17. The van der Waals surface area contributed by atoms with E-state index >= 15 is 0 Å². The number of aryl methyl sites for hydroxylation is 2. The maximum absolute atomic E-state index is 12.2. The van der Waals surface area contributed by atoms with Crippen molar-refractivity contribution in [3.63, 3.8) is 0 Å². The van der Waals surface area contributed by atoms with E-state index < -0.39 is 28.2 Å². The topological polar surface area (TPSA) is 61.8 Å². The molecular formula is C23H31BO5S. The highest BCUT2D eigenvalue weighted by atomic mass is 32.2. The summed E-state index contributed by atoms with van der Waals surface area (Å²) in [4.78, 5) is 0. The summed E-state index contributed by atoms with van der Waals surface area (Å²) in [6, 6.07) is 11.4. The molecule has 0 amide bonds. The van der Waals surface area contributed by atoms with Gasteiger partial charge in [0.1, 0.15) is 11.5 Å². The van der Waals surface area contributed by atoms with Crippen LogP contribution in [0.15, 0.2) is 36.4 Å². The molecule has 0 atom stereocenters. The van der Waals surface area contributed by atoms with Crippen LogP contribution in [0.3, 0.4) is 0 Å². The van der Waals surface area contributed by atoms with Crippen molar-refractivity contribution in [3.8, 4) is 11.5 Å². The van der Waals surface area contributed by atoms with Gasteiger partial charge in [-0.25, -0.2) is 8.42 Å². The van der Waals surface area contributed by atoms with E-state index in [4.69, 9.17) is 14.0 Å². The third kappa shape index (κ3) is 4.58. The molecule has 0 aromatic heterocycles. The molecule has 0 saturated carbocycles. The first kappa shape index (κ1) is 22.9. The van der Waals surface area contributed by atoms with Gasteiger partial charge < -0.3 is 14.0 Å². The van der Waals surface area contributed by atoms with Crippen molar-refractivity contribution in [2.75, 3.05) is 5.75 Å². The predicted molar refractivity (Wildman–Crippen MR) is 121 cm³/mol. The molecule has 0 aliphatic carbocycles. The van der Waals surface area contributed by atoms with E-state index in [0.717, 1.165) is 16.9 Å². The Morgan fingerprint density at radius 2 is 1.53 bits per heavy atom. The van der Waals surface area contributed by atoms with E-state index in [2.05, 4.69) is 0 Å². The summed E-state index contributed by atoms with van der Waals surface area (Å²) in [5, 5.41) is 0. The van der Waals surface area contributed by atoms with Crippen LogP contribution in [0.2, 0.25) is 0 Å². The van der Waals surface area contributed by atoms with E-state index in [0.29, 0.717) is 16.8 Å². The Balaban J connectivity index is 2.06. The van der Waals surface area contributed by atoms with Crippen molar-refractivity contribution < 1.29 is 22.5 Å². The molecule has 30 heavy (non-hydrogen) atoms. The van der Waals surface area contributed by atoms with Gasteiger partial charge in [0.15, 0.2) is 9.84 Å². The lowest BCUT2D eigenvalue weighted by atomic mass is 9.77. The Hall–Kier alpha value is -1.83. The molecule has 0 bridgehead atoms. The number of hydrogen-bond acceptors (Lipinski definition) is 5. The van der Waals surface area contributed by atoms with Crippen LogP contribution in [0.5, 0.6) is 11.5 Å². The molecule has 1 aliphatic heterocycles. The van der Waals surface area contributed by atoms with Gasteiger partial charge in [-0.1, -0.05) is 37.3 Å². The Morgan fingerprint density at radius 1 is 0.967 bits per heavy atom. The first-order valence-electron chi connectivity index (χ1n) is 10.3. The SMILES string of the molecule is CCS(=O)(=O)Cc1ccc(Oc2c(C)cccc2C)c(B2OC(C)(C)C(C)(C)O2)c1. The molecule has 0 N–H and O–H groups in total. The monoisotopic (exact) mass is 430 g/mol. The minimum absolute atomic E-state index is 0.0281. The predicted octanol–water partition coefficient (Wildman–Crippen LogP) is 4.33. The Kier molecular flexibility index (Phi) is 6.11. The summed E-state index contributed by atoms with van der Waals surface area (Å²) in [5.41, 5.74) is 2.40. The van der Waals surface area contributed by atoms with Crippen molar-refractivity contribution in [2.24, 2.45) is 0 Å². The van der Waals surface area contributed by atoms with Crippen LogP contribution in [0.1, 0.15) is 51.3 Å². The number of sulfone groups is 1. The van der Waals surface area contributed by atoms with E-state index in [1.54, 1.807) is 13.0 Å². The Morgan fingerprint density at radius 3 is 2.07 bits per heavy atom. The Labute approximate surface area is 180 Å². The fraction of sp³-hybridized carbons (Fsp3) is 0.478. The summed E-state index contributed by atoms with van der Waals surface area (Å²) >= 11 is 0. The summed E-state index contributed by atoms with van der Waals surface area (Å²) in [6.07, 6.45) is 0. The van der Waals surface area contributed by atoms with Gasteiger partial charge in [0.05, 0.1) is 17.0 Å². The Bertz CT molecular complexity index is 1010. The fourth-order valence-corrected chi connectivity index (χ4v) is 4.25. The molecule has 0 radical (unpaired) electrons. The van der Waals surface area contributed by atoms with Crippen molar-refractivity contribution in [1.29, 1.82) is 0 Å². The highest BCUT2D eigenvalue weighted by Crippen LogP contribution is 2.38. The molecule has 0 spiro atoms. The van der Waals surface area contributed by atoms with E-state index in [1.807, 2.05) is 71.9 Å². The second kappa shape index (κ2) is 8.02. The molecular weight excluding hydrogens is 399 g/mol. The highest BCUT2D eigenvalue weighted by Gasteiger charge is 2.52. The minimum Gasteiger partial charge on any atom is -0.457 e. The first-order valence-corrected chi connectivity index (χ1v) is 12.1. The zero-order chi connectivity index (χ0) is 22.3. The molecule has 3 rings (SSSR count). The highest BCUT2D eigenvalue weighted by molar-refractivity contribution is 7.90. The zero-order valence-electron chi connectivity index (χ0n) is 18.9. The maximum Gasteiger partial charge on any atom is 0.498 e. The summed E-state index contributed by atoms with van der Waals surface area (Å²) in [6.45, 7) is 13.6. The van der Waals surface area contributed by atoms with Gasteiger partial charge in [-0.05, 0) is 64.3 Å². The van der Waals surface area contributed by atoms with Crippen LogP contribution >= 0.6 is 0 Å². The molecule has 2 aromatic rings. The van der Waals surface area contributed by atoms with E-state index in [1.165, 1.54) is 0 Å². The number of rotatable bonds is 6. The average Bonchev–Trinajstić information content (AvgIpc) is 2.86. The maximum atomic E-state index is 12.2. The first-order chi connectivity index (χ1) is 13.9. The molecule has 1 heterocycles. The number of para-hydroxylation sites is 1. The fourth-order valence-electron chi connectivity index (χ4n) is 3.36. The lowest BCUT2D eigenvalue weighted by molar-refractivity contribution is 0.00578. The summed E-state index contributed by atoms with van der Waals surface area (Å²) in [5.74, 6) is 1.45. The van der Waals surface area contributed by atoms with Gasteiger partial charge in [0.2, 0.25) is 0 Å². The quantitative estimate of drug-likeness (QED) is 0.639. The zero-order valence-corrected chi connectivity index (χ0v) is 19.7. The van der Waals surface area contributed by atoms with Crippen LogP contribution in [-0.4, -0.2) is 32.5 Å². The standard InChI is InChI=1S/C23H31BO5S/c1-8-30(25,26)15-18-12-13-20(27-21-16(2)10-9-11-17(21)3)19(14-18)24-28-22(4,5)23(6,7)29-24/h9-14H,8,15H2,1-7H3. The average molecular weight is 430 g/mol. The molecule has 1 saturated heterocycles. The van der Waals surface area contributed by atoms with Crippen molar-refractivity contribution in [2.45, 2.75) is 65.4 Å². The molecule has 7 heteroatoms. The van der Waals surface area contributed by atoms with Crippen LogP contribution in [0.25, 0.3) is 0 Å². The van der Waals surface area contributed by atoms with Crippen LogP contribution < -0.4 is 10.2 Å². The number of hydrogen-bond donors (Lipinski definition) is 0. The normalized spacial score (nSPS) is 17.9.